The van der Waals surface area contributed by atoms with Gasteiger partial charge in [0.15, 0.2) is 0 Å². The van der Waals surface area contributed by atoms with E-state index >= 15 is 0 Å². The van der Waals surface area contributed by atoms with Crippen molar-refractivity contribution in [3.05, 3.63) is 30.0 Å². The molecule has 0 amide bonds. The average molecular weight is 179 g/mol. The number of carboxylic acid groups (broad SMARTS) is 1. The smallest absolute Gasteiger partial charge is 0.328 e. The molecule has 4 nitrogen and oxygen atoms in total. The number of carboxylic acids is 1. The summed E-state index contributed by atoms with van der Waals surface area (Å²) in [6.45, 7) is 0. The molecule has 0 spiro atoms. The van der Waals surface area contributed by atoms with Crippen molar-refractivity contribution < 1.29 is 14.6 Å². The standard InChI is InChI=1S/C9H9NO3/c1-13-8-4-2-3-7(10-8)5-6-9(11)12/h2-6H,1H3,(H,11,12)/b6-5-. The van der Waals surface area contributed by atoms with Crippen LogP contribution in [0.4, 0.5) is 0 Å². The molecular formula is C9H9NO3. The highest BCUT2D eigenvalue weighted by atomic mass is 16.5. The molecule has 13 heavy (non-hydrogen) atoms. The number of pyridine rings is 1. The van der Waals surface area contributed by atoms with Gasteiger partial charge in [-0.15, -0.1) is 0 Å². The van der Waals surface area contributed by atoms with Gasteiger partial charge in [0.1, 0.15) is 0 Å². The minimum Gasteiger partial charge on any atom is -0.481 e. The van der Waals surface area contributed by atoms with Crippen molar-refractivity contribution in [3.63, 3.8) is 0 Å². The first-order chi connectivity index (χ1) is 6.22. The Morgan fingerprint density at radius 2 is 2.38 bits per heavy atom. The number of carbonyl (C=O) groups is 1. The largest absolute Gasteiger partial charge is 0.481 e. The zero-order valence-corrected chi connectivity index (χ0v) is 7.10. The lowest BCUT2D eigenvalue weighted by Crippen LogP contribution is -1.90. The highest BCUT2D eigenvalue weighted by Gasteiger charge is 1.93. The molecule has 0 saturated heterocycles. The Morgan fingerprint density at radius 1 is 1.62 bits per heavy atom. The van der Waals surface area contributed by atoms with Gasteiger partial charge in [-0.25, -0.2) is 9.78 Å². The number of methoxy groups -OCH3 is 1. The summed E-state index contributed by atoms with van der Waals surface area (Å²) in [4.78, 5) is 14.2. The van der Waals surface area contributed by atoms with Crippen LogP contribution in [0, 0.1) is 0 Å². The molecular weight excluding hydrogens is 170 g/mol. The van der Waals surface area contributed by atoms with Crippen LogP contribution in [-0.4, -0.2) is 23.2 Å². The highest BCUT2D eigenvalue weighted by molar-refractivity contribution is 5.84. The molecule has 0 aliphatic rings. The Balaban J connectivity index is 2.83. The van der Waals surface area contributed by atoms with Crippen molar-refractivity contribution in [2.24, 2.45) is 0 Å². The van der Waals surface area contributed by atoms with Gasteiger partial charge >= 0.3 is 5.97 Å². The second-order valence-corrected chi connectivity index (χ2v) is 2.28. The summed E-state index contributed by atoms with van der Waals surface area (Å²) in [5, 5.41) is 8.36. The number of hydrogen-bond acceptors (Lipinski definition) is 3. The van der Waals surface area contributed by atoms with Gasteiger partial charge in [0, 0.05) is 12.1 Å². The topological polar surface area (TPSA) is 59.4 Å². The number of hydrogen-bond donors (Lipinski definition) is 1. The van der Waals surface area contributed by atoms with Gasteiger partial charge in [-0.1, -0.05) is 6.07 Å². The van der Waals surface area contributed by atoms with E-state index in [0.29, 0.717) is 11.6 Å². The first kappa shape index (κ1) is 9.25. The Morgan fingerprint density at radius 3 is 3.00 bits per heavy atom. The van der Waals surface area contributed by atoms with Gasteiger partial charge in [-0.3, -0.25) is 0 Å². The lowest BCUT2D eigenvalue weighted by atomic mass is 10.3. The van der Waals surface area contributed by atoms with Crippen LogP contribution in [0.2, 0.25) is 0 Å². The molecule has 0 aromatic carbocycles. The van der Waals surface area contributed by atoms with E-state index in [1.807, 2.05) is 0 Å². The molecule has 0 radical (unpaired) electrons. The molecule has 0 bridgehead atoms. The summed E-state index contributed by atoms with van der Waals surface area (Å²) in [7, 11) is 1.51. The number of rotatable bonds is 3. The van der Waals surface area contributed by atoms with Gasteiger partial charge in [0.05, 0.1) is 12.8 Å². The zero-order chi connectivity index (χ0) is 9.68. The predicted octanol–water partition coefficient (Wildman–Crippen LogP) is 1.19. The van der Waals surface area contributed by atoms with Crippen molar-refractivity contribution >= 4 is 12.0 Å². The minimum absolute atomic E-state index is 0.465. The van der Waals surface area contributed by atoms with E-state index in [-0.39, 0.29) is 0 Å². The van der Waals surface area contributed by atoms with E-state index in [1.54, 1.807) is 18.2 Å². The third kappa shape index (κ3) is 2.94. The monoisotopic (exact) mass is 179 g/mol. The van der Waals surface area contributed by atoms with E-state index in [2.05, 4.69) is 4.98 Å². The van der Waals surface area contributed by atoms with Crippen LogP contribution in [0.25, 0.3) is 6.08 Å². The van der Waals surface area contributed by atoms with Crippen molar-refractivity contribution in [1.29, 1.82) is 0 Å². The molecule has 1 aromatic rings. The van der Waals surface area contributed by atoms with E-state index in [9.17, 15) is 4.79 Å². The van der Waals surface area contributed by atoms with Crippen molar-refractivity contribution in [2.45, 2.75) is 0 Å². The van der Waals surface area contributed by atoms with Crippen molar-refractivity contribution in [2.75, 3.05) is 7.11 Å². The number of nitrogens with zero attached hydrogens (tertiary/aromatic N) is 1. The van der Waals surface area contributed by atoms with Gasteiger partial charge < -0.3 is 9.84 Å². The Bertz CT molecular complexity index is 333. The fraction of sp³-hybridized carbons (Fsp3) is 0.111. The van der Waals surface area contributed by atoms with Crippen LogP contribution in [0.5, 0.6) is 5.88 Å². The Kier molecular flexibility index (Phi) is 3.03. The molecule has 1 heterocycles. The molecule has 1 N–H and O–H groups in total. The average Bonchev–Trinajstić information content (AvgIpc) is 2.15. The van der Waals surface area contributed by atoms with E-state index < -0.39 is 5.97 Å². The molecule has 0 unspecified atom stereocenters. The molecule has 1 rings (SSSR count). The van der Waals surface area contributed by atoms with E-state index in [1.165, 1.54) is 13.2 Å². The maximum Gasteiger partial charge on any atom is 0.328 e. The summed E-state index contributed by atoms with van der Waals surface area (Å²) >= 11 is 0. The maximum atomic E-state index is 10.2. The fourth-order valence-electron chi connectivity index (χ4n) is 0.794. The van der Waals surface area contributed by atoms with E-state index in [0.717, 1.165) is 6.08 Å². The van der Waals surface area contributed by atoms with Crippen molar-refractivity contribution in [1.82, 2.24) is 4.98 Å². The van der Waals surface area contributed by atoms with Crippen LogP contribution in [-0.2, 0) is 4.79 Å². The molecule has 0 atom stereocenters. The van der Waals surface area contributed by atoms with Crippen LogP contribution < -0.4 is 4.74 Å². The third-order valence-electron chi connectivity index (χ3n) is 1.35. The molecule has 0 aliphatic heterocycles. The number of ether oxygens (including phenoxy) is 1. The normalized spacial score (nSPS) is 10.2. The maximum absolute atomic E-state index is 10.2. The zero-order valence-electron chi connectivity index (χ0n) is 7.10. The molecule has 4 heteroatoms. The first-order valence-electron chi connectivity index (χ1n) is 3.64. The van der Waals surface area contributed by atoms with Crippen LogP contribution >= 0.6 is 0 Å². The first-order valence-corrected chi connectivity index (χ1v) is 3.64. The summed E-state index contributed by atoms with van der Waals surface area (Å²) in [6, 6.07) is 5.13. The van der Waals surface area contributed by atoms with Crippen LogP contribution in [0.1, 0.15) is 5.69 Å². The molecule has 1 aromatic heterocycles. The summed E-state index contributed by atoms with van der Waals surface area (Å²) in [5.41, 5.74) is 0.557. The predicted molar refractivity (Wildman–Crippen MR) is 47.5 cm³/mol. The summed E-state index contributed by atoms with van der Waals surface area (Å²) in [5.74, 6) is -0.530. The van der Waals surface area contributed by atoms with Gasteiger partial charge in [0.25, 0.3) is 0 Å². The molecule has 0 saturated carbocycles. The highest BCUT2D eigenvalue weighted by Crippen LogP contribution is 2.07. The molecule has 0 aliphatic carbocycles. The SMILES string of the molecule is COc1cccc(/C=C\C(=O)O)n1. The lowest BCUT2D eigenvalue weighted by Gasteiger charge is -1.97. The van der Waals surface area contributed by atoms with Crippen molar-refractivity contribution in [3.8, 4) is 5.88 Å². The van der Waals surface area contributed by atoms with Crippen LogP contribution in [0.15, 0.2) is 24.3 Å². The minimum atomic E-state index is -0.996. The molecule has 68 valence electrons. The molecule has 0 fully saturated rings. The van der Waals surface area contributed by atoms with Gasteiger partial charge in [0.2, 0.25) is 5.88 Å². The number of aromatic nitrogens is 1. The third-order valence-corrected chi connectivity index (χ3v) is 1.35. The summed E-state index contributed by atoms with van der Waals surface area (Å²) < 4.78 is 4.87. The summed E-state index contributed by atoms with van der Waals surface area (Å²) in [6.07, 6.45) is 2.44. The van der Waals surface area contributed by atoms with E-state index in [4.69, 9.17) is 9.84 Å². The van der Waals surface area contributed by atoms with Crippen LogP contribution in [0.3, 0.4) is 0 Å². The van der Waals surface area contributed by atoms with Gasteiger partial charge in [-0.05, 0) is 12.1 Å². The second kappa shape index (κ2) is 4.25. The second-order valence-electron chi connectivity index (χ2n) is 2.28. The fourth-order valence-corrected chi connectivity index (χ4v) is 0.794. The lowest BCUT2D eigenvalue weighted by molar-refractivity contribution is -0.131. The Hall–Kier alpha value is -1.84. The van der Waals surface area contributed by atoms with Gasteiger partial charge in [-0.2, -0.15) is 0 Å². The number of aliphatic carboxylic acids is 1. The Labute approximate surface area is 75.5 Å². The quantitative estimate of drug-likeness (QED) is 0.708.